The minimum Gasteiger partial charge on any atom is -0.493 e. The summed E-state index contributed by atoms with van der Waals surface area (Å²) < 4.78 is 11.3. The Morgan fingerprint density at radius 2 is 1.69 bits per heavy atom. The van der Waals surface area contributed by atoms with Gasteiger partial charge in [0, 0.05) is 31.7 Å². The van der Waals surface area contributed by atoms with Gasteiger partial charge in [-0.1, -0.05) is 0 Å². The van der Waals surface area contributed by atoms with Gasteiger partial charge in [0.25, 0.3) is 0 Å². The number of ether oxygens (including phenoxy) is 2. The van der Waals surface area contributed by atoms with E-state index in [9.17, 15) is 0 Å². The fraction of sp³-hybridized carbons (Fsp3) is 0.609. The van der Waals surface area contributed by atoms with Crippen molar-refractivity contribution in [3.8, 4) is 11.5 Å². The molecule has 1 aromatic carbocycles. The van der Waals surface area contributed by atoms with Crippen LogP contribution in [0.15, 0.2) is 33.3 Å². The van der Waals surface area contributed by atoms with Crippen LogP contribution in [0.5, 0.6) is 11.5 Å². The molecule has 2 fully saturated rings. The Morgan fingerprint density at radius 3 is 2.38 bits per heavy atom. The zero-order valence-corrected chi connectivity index (χ0v) is 19.1. The van der Waals surface area contributed by atoms with Crippen molar-refractivity contribution in [2.24, 2.45) is 15.1 Å². The third-order valence-corrected chi connectivity index (χ3v) is 6.41. The first-order valence-corrected chi connectivity index (χ1v) is 11.9. The maximum Gasteiger partial charge on any atom is 0.227 e. The van der Waals surface area contributed by atoms with Crippen LogP contribution in [0, 0.1) is 0 Å². The summed E-state index contributed by atoms with van der Waals surface area (Å²) in [6.07, 6.45) is 7.04. The van der Waals surface area contributed by atoms with Crippen LogP contribution < -0.4 is 14.9 Å². The van der Waals surface area contributed by atoms with Gasteiger partial charge in [-0.2, -0.15) is 10.1 Å². The van der Waals surface area contributed by atoms with Crippen molar-refractivity contribution in [1.82, 2.24) is 20.1 Å². The number of fused-ring (bicyclic) bond motifs is 1. The van der Waals surface area contributed by atoms with Crippen LogP contribution in [-0.4, -0.2) is 78.6 Å². The van der Waals surface area contributed by atoms with E-state index in [0.29, 0.717) is 18.1 Å². The van der Waals surface area contributed by atoms with Gasteiger partial charge in [-0.05, 0) is 63.6 Å². The Labute approximate surface area is 189 Å². The van der Waals surface area contributed by atoms with Gasteiger partial charge in [0.2, 0.25) is 18.2 Å². The van der Waals surface area contributed by atoms with Crippen LogP contribution in [0.4, 0.5) is 0 Å². The van der Waals surface area contributed by atoms with Crippen molar-refractivity contribution in [3.05, 3.63) is 23.8 Å². The monoisotopic (exact) mass is 439 g/mol. The van der Waals surface area contributed by atoms with E-state index in [1.165, 1.54) is 38.5 Å². The number of hydrazone groups is 1. The molecule has 0 amide bonds. The number of amidine groups is 1. The summed E-state index contributed by atoms with van der Waals surface area (Å²) in [4.78, 5) is 16.9. The lowest BCUT2D eigenvalue weighted by atomic mass is 10.1. The number of hydrogen-bond donors (Lipinski definition) is 1. The molecule has 0 saturated carbocycles. The second kappa shape index (κ2) is 9.26. The molecule has 4 aliphatic rings. The Kier molecular flexibility index (Phi) is 6.05. The van der Waals surface area contributed by atoms with Crippen LogP contribution in [0.25, 0.3) is 0 Å². The molecule has 5 rings (SSSR count). The molecule has 2 saturated heterocycles. The highest BCUT2D eigenvalue weighted by molar-refractivity contribution is 6.13. The Balaban J connectivity index is 1.49. The molecule has 9 nitrogen and oxygen atoms in total. The number of aliphatic imine (C=N–C) groups is 2. The van der Waals surface area contributed by atoms with Crippen molar-refractivity contribution >= 4 is 17.8 Å². The number of guanidine groups is 2. The molecule has 0 bridgehead atoms. The summed E-state index contributed by atoms with van der Waals surface area (Å²) in [5.74, 6) is 4.02. The summed E-state index contributed by atoms with van der Waals surface area (Å²) in [5.41, 5.74) is 4.20. The van der Waals surface area contributed by atoms with Crippen LogP contribution in [0.2, 0.25) is 0 Å². The van der Waals surface area contributed by atoms with E-state index in [4.69, 9.17) is 24.6 Å². The highest BCUT2D eigenvalue weighted by atomic mass is 16.5. The predicted octanol–water partition coefficient (Wildman–Crippen LogP) is 2.64. The number of nitrogens with one attached hydrogen (secondary N) is 1. The lowest BCUT2D eigenvalue weighted by Crippen LogP contribution is -2.56. The van der Waals surface area contributed by atoms with Crippen LogP contribution in [-0.2, 0) is 0 Å². The third-order valence-electron chi connectivity index (χ3n) is 6.41. The van der Waals surface area contributed by atoms with Crippen LogP contribution >= 0.6 is 0 Å². The molecular formula is C23H33N7O2. The summed E-state index contributed by atoms with van der Waals surface area (Å²) in [5, 5.41) is 4.69. The second-order valence-electron chi connectivity index (χ2n) is 8.54. The first kappa shape index (κ1) is 20.9. The SMILES string of the molecule is CCOc1cc(C2=NNC3N=C(N4CCCCC4)N=C(N4CCCCC4)N23)ccc1OC. The highest BCUT2D eigenvalue weighted by Gasteiger charge is 2.39. The van der Waals surface area contributed by atoms with Crippen molar-refractivity contribution in [3.63, 3.8) is 0 Å². The predicted molar refractivity (Wildman–Crippen MR) is 125 cm³/mol. The molecule has 0 aromatic heterocycles. The zero-order valence-electron chi connectivity index (χ0n) is 19.1. The standard InChI is InChI=1S/C23H33N7O2/c1-3-32-19-16-17(10-11-18(19)31-2)20-26-27-22-24-21(28-12-6-4-7-13-28)25-23(30(20)22)29-14-8-5-9-15-29/h10-11,16,22,27H,3-9,12-15H2,1-2H3. The van der Waals surface area contributed by atoms with Gasteiger partial charge < -0.3 is 19.3 Å². The summed E-state index contributed by atoms with van der Waals surface area (Å²) >= 11 is 0. The molecule has 0 spiro atoms. The Bertz CT molecular complexity index is 917. The van der Waals surface area contributed by atoms with Gasteiger partial charge >= 0.3 is 0 Å². The molecule has 1 unspecified atom stereocenters. The summed E-state index contributed by atoms with van der Waals surface area (Å²) in [6, 6.07) is 5.94. The average Bonchev–Trinajstić information content (AvgIpc) is 3.29. The smallest absolute Gasteiger partial charge is 0.227 e. The molecular weight excluding hydrogens is 406 g/mol. The van der Waals surface area contributed by atoms with Crippen LogP contribution in [0.1, 0.15) is 51.0 Å². The van der Waals surface area contributed by atoms with E-state index >= 15 is 0 Å². The van der Waals surface area contributed by atoms with E-state index in [1.54, 1.807) is 7.11 Å². The van der Waals surface area contributed by atoms with Gasteiger partial charge in [0.15, 0.2) is 17.3 Å². The van der Waals surface area contributed by atoms with Crippen LogP contribution in [0.3, 0.4) is 0 Å². The number of hydrogen-bond acceptors (Lipinski definition) is 9. The molecule has 1 N–H and O–H groups in total. The van der Waals surface area contributed by atoms with E-state index in [-0.39, 0.29) is 6.29 Å². The first-order valence-electron chi connectivity index (χ1n) is 11.9. The molecule has 1 aromatic rings. The fourth-order valence-corrected chi connectivity index (χ4v) is 4.77. The van der Waals surface area contributed by atoms with Gasteiger partial charge in [-0.3, -0.25) is 10.3 Å². The number of rotatable bonds is 4. The molecule has 0 aliphatic carbocycles. The van der Waals surface area contributed by atoms with E-state index < -0.39 is 0 Å². The maximum absolute atomic E-state index is 5.81. The van der Waals surface area contributed by atoms with Gasteiger partial charge in [-0.15, -0.1) is 0 Å². The number of methoxy groups -OCH3 is 1. The van der Waals surface area contributed by atoms with E-state index in [1.807, 2.05) is 25.1 Å². The fourth-order valence-electron chi connectivity index (χ4n) is 4.77. The van der Waals surface area contributed by atoms with Crippen molar-refractivity contribution in [2.45, 2.75) is 51.7 Å². The number of piperidine rings is 2. The normalized spacial score (nSPS) is 23.1. The molecule has 4 heterocycles. The topological polar surface area (TPSA) is 77.3 Å². The lowest BCUT2D eigenvalue weighted by Gasteiger charge is -2.39. The van der Waals surface area contributed by atoms with E-state index in [2.05, 4.69) is 20.1 Å². The Morgan fingerprint density at radius 1 is 0.969 bits per heavy atom. The molecule has 9 heteroatoms. The van der Waals surface area contributed by atoms with Gasteiger partial charge in [0.1, 0.15) is 0 Å². The van der Waals surface area contributed by atoms with Crippen molar-refractivity contribution in [1.29, 1.82) is 0 Å². The quantitative estimate of drug-likeness (QED) is 0.777. The third kappa shape index (κ3) is 3.96. The molecule has 32 heavy (non-hydrogen) atoms. The lowest BCUT2D eigenvalue weighted by molar-refractivity contribution is 0.278. The molecule has 4 aliphatic heterocycles. The zero-order chi connectivity index (χ0) is 21.9. The van der Waals surface area contributed by atoms with Gasteiger partial charge in [-0.25, -0.2) is 4.99 Å². The van der Waals surface area contributed by atoms with E-state index in [0.717, 1.165) is 49.5 Å². The minimum absolute atomic E-state index is 0.283. The summed E-state index contributed by atoms with van der Waals surface area (Å²) in [7, 11) is 1.66. The first-order chi connectivity index (χ1) is 15.8. The molecule has 0 radical (unpaired) electrons. The maximum atomic E-state index is 5.81. The number of nitrogens with zero attached hydrogens (tertiary/aromatic N) is 6. The second-order valence-corrected chi connectivity index (χ2v) is 8.54. The molecule has 1 atom stereocenters. The number of benzene rings is 1. The average molecular weight is 440 g/mol. The van der Waals surface area contributed by atoms with Crippen molar-refractivity contribution in [2.75, 3.05) is 39.9 Å². The minimum atomic E-state index is -0.283. The van der Waals surface area contributed by atoms with Gasteiger partial charge in [0.05, 0.1) is 13.7 Å². The largest absolute Gasteiger partial charge is 0.493 e. The molecule has 172 valence electrons. The Hall–Kier alpha value is -2.97. The highest BCUT2D eigenvalue weighted by Crippen LogP contribution is 2.31. The van der Waals surface area contributed by atoms with Crippen molar-refractivity contribution < 1.29 is 9.47 Å². The number of likely N-dealkylation sites (tertiary alicyclic amines) is 2. The summed E-state index contributed by atoms with van der Waals surface area (Å²) in [6.45, 7) is 6.60.